The number of hydrogen-bond donors (Lipinski definition) is 1. The molecule has 0 spiro atoms. The summed E-state index contributed by atoms with van der Waals surface area (Å²) in [7, 11) is 1.69. The third kappa shape index (κ3) is 2.14. The van der Waals surface area contributed by atoms with E-state index in [1.54, 1.807) is 37.6 Å². The van der Waals surface area contributed by atoms with Crippen LogP contribution in [0.3, 0.4) is 0 Å². The predicted molar refractivity (Wildman–Crippen MR) is 65.5 cm³/mol. The molecule has 5 heteroatoms. The Morgan fingerprint density at radius 2 is 2.25 bits per heavy atom. The number of carbonyl (C=O) groups is 1. The number of nitrogens with zero attached hydrogens (tertiary/aromatic N) is 2. The average Bonchev–Trinajstić information content (AvgIpc) is 2.81. The molecule has 0 aliphatic heterocycles. The topological polar surface area (TPSA) is 49.0 Å². The largest absolute Gasteiger partial charge is 0.357 e. The lowest BCUT2D eigenvalue weighted by Crippen LogP contribution is -2.27. The molecule has 1 amide bonds. The van der Waals surface area contributed by atoms with Gasteiger partial charge in [0, 0.05) is 23.9 Å². The number of pyridine rings is 1. The van der Waals surface area contributed by atoms with Crippen LogP contribution < -0.4 is 4.90 Å². The van der Waals surface area contributed by atoms with Gasteiger partial charge < -0.3 is 4.98 Å². The number of carbonyl (C=O) groups excluding carboxylic acids is 1. The van der Waals surface area contributed by atoms with Crippen LogP contribution in [0, 0.1) is 0 Å². The molecule has 2 rings (SSSR count). The number of anilines is 1. The minimum absolute atomic E-state index is 0.111. The Labute approximate surface area is 101 Å². The van der Waals surface area contributed by atoms with Gasteiger partial charge in [0.1, 0.15) is 11.5 Å². The van der Waals surface area contributed by atoms with Crippen molar-refractivity contribution in [2.75, 3.05) is 11.9 Å². The number of aromatic amines is 1. The van der Waals surface area contributed by atoms with E-state index in [0.717, 1.165) is 4.47 Å². The Balaban J connectivity index is 2.22. The zero-order chi connectivity index (χ0) is 11.5. The van der Waals surface area contributed by atoms with Gasteiger partial charge in [0.25, 0.3) is 5.91 Å². The first kappa shape index (κ1) is 10.9. The van der Waals surface area contributed by atoms with Crippen LogP contribution >= 0.6 is 15.9 Å². The summed E-state index contributed by atoms with van der Waals surface area (Å²) in [6.07, 6.45) is 3.38. The Hall–Kier alpha value is -1.62. The van der Waals surface area contributed by atoms with E-state index in [1.165, 1.54) is 4.90 Å². The quantitative estimate of drug-likeness (QED) is 0.918. The fourth-order valence-corrected chi connectivity index (χ4v) is 1.55. The van der Waals surface area contributed by atoms with E-state index in [9.17, 15) is 4.79 Å². The van der Waals surface area contributed by atoms with E-state index in [1.807, 2.05) is 6.07 Å². The van der Waals surface area contributed by atoms with E-state index in [4.69, 9.17) is 0 Å². The third-order valence-electron chi connectivity index (χ3n) is 2.19. The molecule has 1 N–H and O–H groups in total. The second-order valence-electron chi connectivity index (χ2n) is 3.28. The highest BCUT2D eigenvalue weighted by Gasteiger charge is 2.14. The molecule has 0 aliphatic rings. The Morgan fingerprint density at radius 3 is 2.81 bits per heavy atom. The number of nitrogens with one attached hydrogen (secondary N) is 1. The lowest BCUT2D eigenvalue weighted by molar-refractivity contribution is 0.0988. The maximum absolute atomic E-state index is 11.9. The van der Waals surface area contributed by atoms with Crippen LogP contribution in [-0.4, -0.2) is 22.9 Å². The van der Waals surface area contributed by atoms with Gasteiger partial charge in [0.2, 0.25) is 0 Å². The van der Waals surface area contributed by atoms with Crippen molar-refractivity contribution in [3.8, 4) is 0 Å². The SMILES string of the molecule is CN(C(=O)c1ccc[nH]1)c1ccc(Br)cn1. The first-order valence-electron chi connectivity index (χ1n) is 4.71. The van der Waals surface area contributed by atoms with Gasteiger partial charge in [0.15, 0.2) is 0 Å². The Kier molecular flexibility index (Phi) is 3.05. The molecule has 0 saturated heterocycles. The van der Waals surface area contributed by atoms with Crippen molar-refractivity contribution in [2.45, 2.75) is 0 Å². The second-order valence-corrected chi connectivity index (χ2v) is 4.20. The van der Waals surface area contributed by atoms with Crippen molar-refractivity contribution in [3.05, 3.63) is 46.8 Å². The van der Waals surface area contributed by atoms with E-state index < -0.39 is 0 Å². The predicted octanol–water partition coefficient (Wildman–Crippen LogP) is 2.45. The number of hydrogen-bond acceptors (Lipinski definition) is 2. The highest BCUT2D eigenvalue weighted by molar-refractivity contribution is 9.10. The summed E-state index contributed by atoms with van der Waals surface area (Å²) in [5.41, 5.74) is 0.548. The highest BCUT2D eigenvalue weighted by atomic mass is 79.9. The molecule has 0 saturated carbocycles. The van der Waals surface area contributed by atoms with Crippen LogP contribution in [0.15, 0.2) is 41.1 Å². The standard InChI is InChI=1S/C11H10BrN3O/c1-15(10-5-4-8(12)7-14-10)11(16)9-3-2-6-13-9/h2-7,13H,1H3. The van der Waals surface area contributed by atoms with Crippen molar-refractivity contribution < 1.29 is 4.79 Å². The molecule has 0 bridgehead atoms. The van der Waals surface area contributed by atoms with Crippen LogP contribution in [0.4, 0.5) is 5.82 Å². The van der Waals surface area contributed by atoms with Gasteiger partial charge in [0.05, 0.1) is 0 Å². The fourth-order valence-electron chi connectivity index (χ4n) is 1.31. The lowest BCUT2D eigenvalue weighted by Gasteiger charge is -2.14. The molecule has 0 fully saturated rings. The molecule has 0 radical (unpaired) electrons. The zero-order valence-corrected chi connectivity index (χ0v) is 10.2. The van der Waals surface area contributed by atoms with Crippen LogP contribution in [0.5, 0.6) is 0 Å². The first-order valence-corrected chi connectivity index (χ1v) is 5.51. The van der Waals surface area contributed by atoms with Gasteiger partial charge in [-0.3, -0.25) is 9.69 Å². The molecule has 2 aromatic rings. The normalized spacial score (nSPS) is 10.1. The zero-order valence-electron chi connectivity index (χ0n) is 8.64. The lowest BCUT2D eigenvalue weighted by atomic mass is 10.3. The molecule has 0 atom stereocenters. The molecule has 0 aliphatic carbocycles. The van der Waals surface area contributed by atoms with Gasteiger partial charge in [-0.15, -0.1) is 0 Å². The van der Waals surface area contributed by atoms with Crippen molar-refractivity contribution >= 4 is 27.7 Å². The number of amides is 1. The highest BCUT2D eigenvalue weighted by Crippen LogP contribution is 2.15. The smallest absolute Gasteiger partial charge is 0.275 e. The third-order valence-corrected chi connectivity index (χ3v) is 2.66. The van der Waals surface area contributed by atoms with Crippen LogP contribution in [-0.2, 0) is 0 Å². The van der Waals surface area contributed by atoms with Gasteiger partial charge in [-0.2, -0.15) is 0 Å². The van der Waals surface area contributed by atoms with Crippen LogP contribution in [0.25, 0.3) is 0 Å². The second kappa shape index (κ2) is 4.49. The Bertz CT molecular complexity index is 478. The summed E-state index contributed by atoms with van der Waals surface area (Å²) in [5, 5.41) is 0. The summed E-state index contributed by atoms with van der Waals surface area (Å²) in [5.74, 6) is 0.502. The van der Waals surface area contributed by atoms with E-state index in [-0.39, 0.29) is 5.91 Å². The van der Waals surface area contributed by atoms with Crippen molar-refractivity contribution in [1.29, 1.82) is 0 Å². The maximum atomic E-state index is 11.9. The summed E-state index contributed by atoms with van der Waals surface area (Å²) < 4.78 is 0.886. The molecule has 82 valence electrons. The summed E-state index contributed by atoms with van der Waals surface area (Å²) in [6.45, 7) is 0. The van der Waals surface area contributed by atoms with Crippen LogP contribution in [0.1, 0.15) is 10.5 Å². The number of H-pyrrole nitrogens is 1. The van der Waals surface area contributed by atoms with E-state index in [0.29, 0.717) is 11.5 Å². The minimum Gasteiger partial charge on any atom is -0.357 e. The average molecular weight is 280 g/mol. The molecular formula is C11H10BrN3O. The molecule has 2 aromatic heterocycles. The summed E-state index contributed by atoms with van der Waals surface area (Å²) in [6, 6.07) is 7.15. The first-order chi connectivity index (χ1) is 7.68. The molecule has 4 nitrogen and oxygen atoms in total. The number of halogens is 1. The molecular weight excluding hydrogens is 270 g/mol. The molecule has 16 heavy (non-hydrogen) atoms. The summed E-state index contributed by atoms with van der Waals surface area (Å²) >= 11 is 3.30. The van der Waals surface area contributed by atoms with Crippen LogP contribution in [0.2, 0.25) is 0 Å². The maximum Gasteiger partial charge on any atom is 0.275 e. The Morgan fingerprint density at radius 1 is 1.44 bits per heavy atom. The van der Waals surface area contributed by atoms with Gasteiger partial charge in [-0.1, -0.05) is 0 Å². The van der Waals surface area contributed by atoms with Crippen molar-refractivity contribution in [1.82, 2.24) is 9.97 Å². The molecule has 0 unspecified atom stereocenters. The van der Waals surface area contributed by atoms with E-state index in [2.05, 4.69) is 25.9 Å². The van der Waals surface area contributed by atoms with Gasteiger partial charge >= 0.3 is 0 Å². The fraction of sp³-hybridized carbons (Fsp3) is 0.0909. The monoisotopic (exact) mass is 279 g/mol. The minimum atomic E-state index is -0.111. The molecule has 0 aromatic carbocycles. The van der Waals surface area contributed by atoms with E-state index >= 15 is 0 Å². The molecule has 2 heterocycles. The summed E-state index contributed by atoms with van der Waals surface area (Å²) in [4.78, 5) is 20.5. The van der Waals surface area contributed by atoms with Gasteiger partial charge in [-0.25, -0.2) is 4.98 Å². The number of aromatic nitrogens is 2. The number of rotatable bonds is 2. The van der Waals surface area contributed by atoms with Crippen molar-refractivity contribution in [2.24, 2.45) is 0 Å². The van der Waals surface area contributed by atoms with Gasteiger partial charge in [-0.05, 0) is 40.2 Å². The van der Waals surface area contributed by atoms with Crippen molar-refractivity contribution in [3.63, 3.8) is 0 Å².